The van der Waals surface area contributed by atoms with Crippen LogP contribution in [0.5, 0.6) is 17.4 Å². The molecule has 0 bridgehead atoms. The van der Waals surface area contributed by atoms with E-state index in [0.29, 0.717) is 17.3 Å². The molecule has 6 heteroatoms. The molecule has 0 spiro atoms. The van der Waals surface area contributed by atoms with Gasteiger partial charge in [0.2, 0.25) is 5.88 Å². The summed E-state index contributed by atoms with van der Waals surface area (Å²) in [7, 11) is 0. The zero-order chi connectivity index (χ0) is 16.2. The van der Waals surface area contributed by atoms with Gasteiger partial charge in [-0.15, -0.1) is 0 Å². The van der Waals surface area contributed by atoms with Crippen LogP contribution in [-0.2, 0) is 0 Å². The smallest absolute Gasteiger partial charge is 0.224 e. The maximum atomic E-state index is 5.99. The van der Waals surface area contributed by atoms with Crippen molar-refractivity contribution in [2.75, 3.05) is 23.7 Å². The van der Waals surface area contributed by atoms with E-state index in [4.69, 9.17) is 15.2 Å². The molecule has 0 amide bonds. The second-order valence-electron chi connectivity index (χ2n) is 5.88. The van der Waals surface area contributed by atoms with Crippen molar-refractivity contribution >= 4 is 11.5 Å². The summed E-state index contributed by atoms with van der Waals surface area (Å²) >= 11 is 0. The van der Waals surface area contributed by atoms with Crippen LogP contribution in [0.4, 0.5) is 11.5 Å². The molecule has 0 radical (unpaired) electrons. The van der Waals surface area contributed by atoms with Gasteiger partial charge in [0.05, 0.1) is 11.8 Å². The molecule has 122 valence electrons. The number of anilines is 2. The number of nitrogens with two attached hydrogens (primary N) is 1. The summed E-state index contributed by atoms with van der Waals surface area (Å²) in [4.78, 5) is 10.7. The average molecular weight is 314 g/mol. The quantitative estimate of drug-likeness (QED) is 0.854. The van der Waals surface area contributed by atoms with Crippen molar-refractivity contribution in [1.82, 2.24) is 9.97 Å². The molecule has 6 nitrogen and oxygen atoms in total. The standard InChI is InChI=1S/C17H22N4O2/c1-12(2)22-13-5-6-14(18)15(9-13)23-17-10-16(19-11-20-17)21-7-3-4-8-21/h5-6,9-12H,3-4,7-8,18H2,1-2H3. The summed E-state index contributed by atoms with van der Waals surface area (Å²) in [5.74, 6) is 2.63. The maximum Gasteiger partial charge on any atom is 0.224 e. The van der Waals surface area contributed by atoms with Crippen molar-refractivity contribution in [3.63, 3.8) is 0 Å². The first-order valence-electron chi connectivity index (χ1n) is 7.93. The van der Waals surface area contributed by atoms with Crippen molar-refractivity contribution in [3.05, 3.63) is 30.6 Å². The zero-order valence-corrected chi connectivity index (χ0v) is 13.5. The van der Waals surface area contributed by atoms with Crippen LogP contribution in [0.1, 0.15) is 26.7 Å². The normalized spacial score (nSPS) is 14.3. The number of hydrogen-bond donors (Lipinski definition) is 1. The van der Waals surface area contributed by atoms with Gasteiger partial charge in [-0.05, 0) is 38.8 Å². The number of nitrogens with zero attached hydrogens (tertiary/aromatic N) is 3. The molecule has 1 aliphatic rings. The van der Waals surface area contributed by atoms with E-state index < -0.39 is 0 Å². The molecule has 2 N–H and O–H groups in total. The maximum absolute atomic E-state index is 5.99. The van der Waals surface area contributed by atoms with Crippen LogP contribution in [0, 0.1) is 0 Å². The zero-order valence-electron chi connectivity index (χ0n) is 13.5. The third kappa shape index (κ3) is 3.83. The average Bonchev–Trinajstić information content (AvgIpc) is 3.05. The number of benzene rings is 1. The van der Waals surface area contributed by atoms with Crippen molar-refractivity contribution < 1.29 is 9.47 Å². The van der Waals surface area contributed by atoms with E-state index >= 15 is 0 Å². The highest BCUT2D eigenvalue weighted by Gasteiger charge is 2.15. The third-order valence-electron chi connectivity index (χ3n) is 3.63. The fraction of sp³-hybridized carbons (Fsp3) is 0.412. The number of rotatable bonds is 5. The molecule has 23 heavy (non-hydrogen) atoms. The van der Waals surface area contributed by atoms with Crippen LogP contribution < -0.4 is 20.1 Å². The molecule has 0 unspecified atom stereocenters. The van der Waals surface area contributed by atoms with Gasteiger partial charge in [-0.1, -0.05) is 0 Å². The molecule has 1 aromatic carbocycles. The Balaban J connectivity index is 1.79. The molecular weight excluding hydrogens is 292 g/mol. The fourth-order valence-electron chi connectivity index (χ4n) is 2.57. The first-order chi connectivity index (χ1) is 11.1. The van der Waals surface area contributed by atoms with Gasteiger partial charge >= 0.3 is 0 Å². The van der Waals surface area contributed by atoms with Crippen molar-refractivity contribution in [2.24, 2.45) is 0 Å². The van der Waals surface area contributed by atoms with Gasteiger partial charge in [0, 0.05) is 25.2 Å². The summed E-state index contributed by atoms with van der Waals surface area (Å²) in [6.07, 6.45) is 4.00. The Kier molecular flexibility index (Phi) is 4.50. The Bertz CT molecular complexity index is 669. The summed E-state index contributed by atoms with van der Waals surface area (Å²) in [5.41, 5.74) is 6.54. The van der Waals surface area contributed by atoms with Crippen LogP contribution in [0.2, 0.25) is 0 Å². The largest absolute Gasteiger partial charge is 0.491 e. The highest BCUT2D eigenvalue weighted by molar-refractivity contribution is 5.57. The molecular formula is C17H22N4O2. The Morgan fingerprint density at radius 2 is 1.91 bits per heavy atom. The summed E-state index contributed by atoms with van der Waals surface area (Å²) in [5, 5.41) is 0. The highest BCUT2D eigenvalue weighted by Crippen LogP contribution is 2.32. The second kappa shape index (κ2) is 6.73. The minimum atomic E-state index is 0.0901. The SMILES string of the molecule is CC(C)Oc1ccc(N)c(Oc2cc(N3CCCC3)ncn2)c1. The van der Waals surface area contributed by atoms with E-state index in [0.717, 1.165) is 24.7 Å². The van der Waals surface area contributed by atoms with E-state index in [9.17, 15) is 0 Å². The lowest BCUT2D eigenvalue weighted by atomic mass is 10.3. The van der Waals surface area contributed by atoms with Crippen molar-refractivity contribution in [2.45, 2.75) is 32.8 Å². The van der Waals surface area contributed by atoms with E-state index in [2.05, 4.69) is 14.9 Å². The van der Waals surface area contributed by atoms with Crippen LogP contribution >= 0.6 is 0 Å². The van der Waals surface area contributed by atoms with E-state index in [1.54, 1.807) is 12.1 Å². The summed E-state index contributed by atoms with van der Waals surface area (Å²) in [6.45, 7) is 6.00. The minimum Gasteiger partial charge on any atom is -0.491 e. The Hall–Kier alpha value is -2.50. The van der Waals surface area contributed by atoms with E-state index in [1.165, 1.54) is 19.2 Å². The first kappa shape index (κ1) is 15.4. The van der Waals surface area contributed by atoms with Crippen molar-refractivity contribution in [1.29, 1.82) is 0 Å². The number of ether oxygens (including phenoxy) is 2. The Morgan fingerprint density at radius 1 is 1.13 bits per heavy atom. The topological polar surface area (TPSA) is 73.5 Å². The predicted octanol–water partition coefficient (Wildman–Crippen LogP) is 3.24. The van der Waals surface area contributed by atoms with Crippen LogP contribution in [-0.4, -0.2) is 29.2 Å². The predicted molar refractivity (Wildman–Crippen MR) is 90.2 cm³/mol. The van der Waals surface area contributed by atoms with Gasteiger partial charge in [-0.25, -0.2) is 9.97 Å². The third-order valence-corrected chi connectivity index (χ3v) is 3.63. The fourth-order valence-corrected chi connectivity index (χ4v) is 2.57. The van der Waals surface area contributed by atoms with Gasteiger partial charge in [0.15, 0.2) is 5.75 Å². The molecule has 1 aliphatic heterocycles. The molecule has 1 aromatic heterocycles. The molecule has 0 atom stereocenters. The molecule has 3 rings (SSSR count). The summed E-state index contributed by atoms with van der Waals surface area (Å²) < 4.78 is 11.5. The van der Waals surface area contributed by atoms with Gasteiger partial charge in [0.25, 0.3) is 0 Å². The minimum absolute atomic E-state index is 0.0901. The van der Waals surface area contributed by atoms with Crippen molar-refractivity contribution in [3.8, 4) is 17.4 Å². The molecule has 0 aliphatic carbocycles. The lowest BCUT2D eigenvalue weighted by Crippen LogP contribution is -2.18. The monoisotopic (exact) mass is 314 g/mol. The molecule has 1 fully saturated rings. The van der Waals surface area contributed by atoms with Gasteiger partial charge in [-0.3, -0.25) is 0 Å². The lowest BCUT2D eigenvalue weighted by molar-refractivity contribution is 0.241. The molecule has 1 saturated heterocycles. The van der Waals surface area contributed by atoms with Crippen LogP contribution in [0.15, 0.2) is 30.6 Å². The molecule has 0 saturated carbocycles. The number of nitrogen functional groups attached to an aromatic ring is 1. The van der Waals surface area contributed by atoms with Gasteiger partial charge in [0.1, 0.15) is 17.9 Å². The highest BCUT2D eigenvalue weighted by atomic mass is 16.5. The Morgan fingerprint density at radius 3 is 2.65 bits per heavy atom. The van der Waals surface area contributed by atoms with Gasteiger partial charge in [-0.2, -0.15) is 0 Å². The van der Waals surface area contributed by atoms with Gasteiger partial charge < -0.3 is 20.1 Å². The number of aromatic nitrogens is 2. The summed E-state index contributed by atoms with van der Waals surface area (Å²) in [6, 6.07) is 7.24. The molecule has 2 aromatic rings. The first-order valence-corrected chi connectivity index (χ1v) is 7.93. The number of hydrogen-bond acceptors (Lipinski definition) is 6. The second-order valence-corrected chi connectivity index (χ2v) is 5.88. The Labute approximate surface area is 136 Å². The van der Waals surface area contributed by atoms with E-state index in [-0.39, 0.29) is 6.10 Å². The lowest BCUT2D eigenvalue weighted by Gasteiger charge is -2.17. The van der Waals surface area contributed by atoms with Crippen LogP contribution in [0.3, 0.4) is 0 Å². The molecule has 2 heterocycles. The van der Waals surface area contributed by atoms with E-state index in [1.807, 2.05) is 26.0 Å². The van der Waals surface area contributed by atoms with Crippen LogP contribution in [0.25, 0.3) is 0 Å².